The number of nitrogens with zero attached hydrogens (tertiary/aromatic N) is 1. The molecule has 0 bridgehead atoms. The number of nitrogens with one attached hydrogen (secondary N) is 1. The molecular formula is C26H26N2O5S. The van der Waals surface area contributed by atoms with E-state index < -0.39 is 10.0 Å². The van der Waals surface area contributed by atoms with Crippen LogP contribution < -0.4 is 9.62 Å². The van der Waals surface area contributed by atoms with Crippen molar-refractivity contribution in [1.82, 2.24) is 4.72 Å². The van der Waals surface area contributed by atoms with Crippen LogP contribution in [0.2, 0.25) is 0 Å². The Bertz CT molecular complexity index is 1330. The van der Waals surface area contributed by atoms with Crippen molar-refractivity contribution in [3.63, 3.8) is 0 Å². The molecule has 1 atom stereocenters. The van der Waals surface area contributed by atoms with Crippen LogP contribution in [0, 0.1) is 0 Å². The number of fused-ring (bicyclic) bond motifs is 1. The molecule has 0 aromatic heterocycles. The van der Waals surface area contributed by atoms with Gasteiger partial charge in [0.15, 0.2) is 11.5 Å². The summed E-state index contributed by atoms with van der Waals surface area (Å²) in [5, 5.41) is 18.9. The predicted octanol–water partition coefficient (Wildman–Crippen LogP) is 4.13. The van der Waals surface area contributed by atoms with Gasteiger partial charge in [0.25, 0.3) is 5.91 Å². The molecule has 0 saturated heterocycles. The van der Waals surface area contributed by atoms with Crippen molar-refractivity contribution in [1.29, 1.82) is 0 Å². The highest BCUT2D eigenvalue weighted by Gasteiger charge is 2.25. The standard InChI is InChI=1S/C26H26N2O5S/c1-28(26(31)16-10-18-9-15-24(29)25(30)17-18)20-11-13-21(14-12-20)34(32,33)27-23-8-4-6-19-5-2-3-7-22(19)23/h2-3,5,7,9-17,23,27,29-30H,4,6,8H2,1H3/b16-10+. The Kier molecular flexibility index (Phi) is 6.72. The third kappa shape index (κ3) is 5.13. The number of carbonyl (C=O) groups excluding carboxylic acids is 1. The molecule has 0 radical (unpaired) electrons. The first-order valence-corrected chi connectivity index (χ1v) is 12.4. The van der Waals surface area contributed by atoms with E-state index in [0.29, 0.717) is 11.3 Å². The molecule has 0 saturated carbocycles. The van der Waals surface area contributed by atoms with E-state index in [0.717, 1.165) is 24.8 Å². The molecule has 1 unspecified atom stereocenters. The quantitative estimate of drug-likeness (QED) is 0.365. The Balaban J connectivity index is 1.45. The number of sulfonamides is 1. The summed E-state index contributed by atoms with van der Waals surface area (Å²) in [5.74, 6) is -0.844. The first-order chi connectivity index (χ1) is 16.2. The molecule has 3 aromatic carbocycles. The van der Waals surface area contributed by atoms with Crippen LogP contribution in [-0.4, -0.2) is 31.6 Å². The van der Waals surface area contributed by atoms with Crippen molar-refractivity contribution in [3.05, 3.63) is 89.5 Å². The summed E-state index contributed by atoms with van der Waals surface area (Å²) in [6.45, 7) is 0. The molecule has 0 fully saturated rings. The van der Waals surface area contributed by atoms with Gasteiger partial charge in [-0.25, -0.2) is 13.1 Å². The maximum atomic E-state index is 13.0. The van der Waals surface area contributed by atoms with Crippen molar-refractivity contribution in [2.45, 2.75) is 30.2 Å². The minimum atomic E-state index is -3.73. The van der Waals surface area contributed by atoms with Crippen LogP contribution in [0.25, 0.3) is 6.08 Å². The monoisotopic (exact) mass is 478 g/mol. The molecule has 1 amide bonds. The highest BCUT2D eigenvalue weighted by atomic mass is 32.2. The van der Waals surface area contributed by atoms with E-state index in [1.165, 1.54) is 46.9 Å². The number of rotatable bonds is 6. The topological polar surface area (TPSA) is 107 Å². The molecular weight excluding hydrogens is 452 g/mol. The highest BCUT2D eigenvalue weighted by molar-refractivity contribution is 7.89. The number of benzene rings is 3. The summed E-state index contributed by atoms with van der Waals surface area (Å²) in [6, 6.07) is 18.0. The zero-order valence-corrected chi connectivity index (χ0v) is 19.5. The van der Waals surface area contributed by atoms with Crippen LogP contribution in [0.5, 0.6) is 11.5 Å². The van der Waals surface area contributed by atoms with Gasteiger partial charge in [0, 0.05) is 24.9 Å². The minimum Gasteiger partial charge on any atom is -0.504 e. The second-order valence-corrected chi connectivity index (χ2v) is 9.95. The van der Waals surface area contributed by atoms with Crippen molar-refractivity contribution in [3.8, 4) is 11.5 Å². The van der Waals surface area contributed by atoms with Crippen molar-refractivity contribution >= 4 is 27.7 Å². The Morgan fingerprint density at radius 1 is 1.03 bits per heavy atom. The zero-order valence-electron chi connectivity index (χ0n) is 18.7. The molecule has 1 aliphatic carbocycles. The molecule has 0 heterocycles. The number of carbonyl (C=O) groups is 1. The highest BCUT2D eigenvalue weighted by Crippen LogP contribution is 2.31. The number of anilines is 1. The van der Waals surface area contributed by atoms with Gasteiger partial charge in [0.2, 0.25) is 10.0 Å². The number of hydrogen-bond donors (Lipinski definition) is 3. The van der Waals surface area contributed by atoms with Crippen LogP contribution in [-0.2, 0) is 21.2 Å². The Hall–Kier alpha value is -3.62. The van der Waals surface area contributed by atoms with E-state index in [-0.39, 0.29) is 28.3 Å². The lowest BCUT2D eigenvalue weighted by atomic mass is 9.88. The third-order valence-electron chi connectivity index (χ3n) is 5.95. The number of amides is 1. The summed E-state index contributed by atoms with van der Waals surface area (Å²) < 4.78 is 28.8. The average Bonchev–Trinajstić information content (AvgIpc) is 2.84. The molecule has 0 aliphatic heterocycles. The van der Waals surface area contributed by atoms with Crippen molar-refractivity contribution < 1.29 is 23.4 Å². The van der Waals surface area contributed by atoms with Crippen molar-refractivity contribution in [2.24, 2.45) is 0 Å². The molecule has 7 nitrogen and oxygen atoms in total. The summed E-state index contributed by atoms with van der Waals surface area (Å²) in [6.07, 6.45) is 5.47. The lowest BCUT2D eigenvalue weighted by Crippen LogP contribution is -2.31. The number of likely N-dealkylation sites (N-methyl/N-ethyl adjacent to an activating group) is 1. The molecule has 8 heteroatoms. The molecule has 176 valence electrons. The Morgan fingerprint density at radius 3 is 2.50 bits per heavy atom. The van der Waals surface area contributed by atoms with Gasteiger partial charge >= 0.3 is 0 Å². The molecule has 3 aromatic rings. The Morgan fingerprint density at radius 2 is 1.76 bits per heavy atom. The maximum absolute atomic E-state index is 13.0. The van der Waals surface area contributed by atoms with E-state index in [1.807, 2.05) is 24.3 Å². The van der Waals surface area contributed by atoms with Crippen molar-refractivity contribution in [2.75, 3.05) is 11.9 Å². The molecule has 4 rings (SSSR count). The minimum absolute atomic E-state index is 0.135. The third-order valence-corrected chi connectivity index (χ3v) is 7.44. The molecule has 3 N–H and O–H groups in total. The number of aromatic hydroxyl groups is 2. The summed E-state index contributed by atoms with van der Waals surface area (Å²) in [4.78, 5) is 14.0. The maximum Gasteiger partial charge on any atom is 0.250 e. The fourth-order valence-electron chi connectivity index (χ4n) is 4.03. The van der Waals surface area contributed by atoms with Gasteiger partial charge in [-0.05, 0) is 78.4 Å². The normalized spacial score (nSPS) is 15.7. The zero-order chi connectivity index (χ0) is 24.3. The summed E-state index contributed by atoms with van der Waals surface area (Å²) >= 11 is 0. The smallest absolute Gasteiger partial charge is 0.250 e. The van der Waals surface area contributed by atoms with E-state index in [1.54, 1.807) is 25.2 Å². The Labute approximate surface area is 199 Å². The van der Waals surface area contributed by atoms with Crippen LogP contribution in [0.15, 0.2) is 77.7 Å². The number of aryl methyl sites for hydroxylation is 1. The van der Waals surface area contributed by atoms with Gasteiger partial charge in [0.1, 0.15) is 0 Å². The second kappa shape index (κ2) is 9.70. The fourth-order valence-corrected chi connectivity index (χ4v) is 5.28. The van der Waals surface area contributed by atoms with Gasteiger partial charge in [-0.3, -0.25) is 4.79 Å². The molecule has 1 aliphatic rings. The fraction of sp³-hybridized carbons (Fsp3) is 0.192. The van der Waals surface area contributed by atoms with Crippen LogP contribution >= 0.6 is 0 Å². The molecule has 0 spiro atoms. The van der Waals surface area contributed by atoms with Gasteiger partial charge in [0.05, 0.1) is 4.90 Å². The first kappa shape index (κ1) is 23.5. The van der Waals surface area contributed by atoms with E-state index in [9.17, 15) is 23.4 Å². The van der Waals surface area contributed by atoms with Gasteiger partial charge < -0.3 is 15.1 Å². The van der Waals surface area contributed by atoms with Crippen LogP contribution in [0.1, 0.15) is 35.6 Å². The van der Waals surface area contributed by atoms with Gasteiger partial charge in [-0.1, -0.05) is 30.3 Å². The predicted molar refractivity (Wildman–Crippen MR) is 131 cm³/mol. The van der Waals surface area contributed by atoms with E-state index >= 15 is 0 Å². The SMILES string of the molecule is CN(C(=O)/C=C/c1ccc(O)c(O)c1)c1ccc(S(=O)(=O)NC2CCCc3ccccc32)cc1. The summed E-state index contributed by atoms with van der Waals surface area (Å²) in [7, 11) is -2.15. The summed E-state index contributed by atoms with van der Waals surface area (Å²) in [5.41, 5.74) is 3.28. The van der Waals surface area contributed by atoms with E-state index in [2.05, 4.69) is 4.72 Å². The first-order valence-electron chi connectivity index (χ1n) is 10.9. The van der Waals surface area contributed by atoms with E-state index in [4.69, 9.17) is 0 Å². The van der Waals surface area contributed by atoms with Crippen LogP contribution in [0.3, 0.4) is 0 Å². The number of hydrogen-bond acceptors (Lipinski definition) is 5. The lowest BCUT2D eigenvalue weighted by Gasteiger charge is -2.26. The lowest BCUT2D eigenvalue weighted by molar-refractivity contribution is -0.113. The van der Waals surface area contributed by atoms with Gasteiger partial charge in [-0.2, -0.15) is 0 Å². The largest absolute Gasteiger partial charge is 0.504 e. The van der Waals surface area contributed by atoms with Crippen LogP contribution in [0.4, 0.5) is 5.69 Å². The number of phenolic OH excluding ortho intramolecular Hbond substituents is 2. The molecule has 34 heavy (non-hydrogen) atoms. The average molecular weight is 479 g/mol. The number of phenols is 2. The van der Waals surface area contributed by atoms with Gasteiger partial charge in [-0.15, -0.1) is 0 Å². The second-order valence-electron chi connectivity index (χ2n) is 8.24.